The second-order valence-electron chi connectivity index (χ2n) is 3.65. The quantitative estimate of drug-likeness (QED) is 0.799. The van der Waals surface area contributed by atoms with Crippen molar-refractivity contribution in [3.8, 4) is 6.07 Å². The SMILES string of the molecule is CCOC(=O)Cc1c(C)ccc(CO)c1C#N. The molecule has 0 aromatic heterocycles. The molecule has 4 nitrogen and oxygen atoms in total. The summed E-state index contributed by atoms with van der Waals surface area (Å²) in [5.41, 5.74) is 2.40. The number of ether oxygens (including phenoxy) is 1. The zero-order valence-electron chi connectivity index (χ0n) is 9.99. The number of benzene rings is 1. The zero-order chi connectivity index (χ0) is 12.8. The Bertz CT molecular complexity index is 460. The van der Waals surface area contributed by atoms with Gasteiger partial charge in [0.05, 0.1) is 31.3 Å². The molecule has 4 heteroatoms. The molecular formula is C13H15NO3. The average molecular weight is 233 g/mol. The summed E-state index contributed by atoms with van der Waals surface area (Å²) < 4.78 is 4.86. The Morgan fingerprint density at radius 2 is 2.24 bits per heavy atom. The number of nitriles is 1. The molecule has 0 bridgehead atoms. The summed E-state index contributed by atoms with van der Waals surface area (Å²) in [4.78, 5) is 11.4. The van der Waals surface area contributed by atoms with Gasteiger partial charge in [0.1, 0.15) is 0 Å². The van der Waals surface area contributed by atoms with Crippen LogP contribution in [0.4, 0.5) is 0 Å². The van der Waals surface area contributed by atoms with Crippen LogP contribution in [0.15, 0.2) is 12.1 Å². The Kier molecular flexibility index (Phi) is 4.68. The van der Waals surface area contributed by atoms with E-state index in [9.17, 15) is 4.79 Å². The summed E-state index contributed by atoms with van der Waals surface area (Å²) in [7, 11) is 0. The first-order chi connectivity index (χ1) is 8.13. The molecule has 0 radical (unpaired) electrons. The summed E-state index contributed by atoms with van der Waals surface area (Å²) >= 11 is 0. The highest BCUT2D eigenvalue weighted by atomic mass is 16.5. The Balaban J connectivity index is 3.13. The monoisotopic (exact) mass is 233 g/mol. The molecule has 0 fully saturated rings. The van der Waals surface area contributed by atoms with Gasteiger partial charge in [-0.2, -0.15) is 5.26 Å². The van der Waals surface area contributed by atoms with Crippen LogP contribution in [0.2, 0.25) is 0 Å². The van der Waals surface area contributed by atoms with Crippen molar-refractivity contribution < 1.29 is 14.6 Å². The molecule has 1 aromatic carbocycles. The predicted octanol–water partition coefficient (Wildman–Crippen LogP) is 1.46. The van der Waals surface area contributed by atoms with Crippen molar-refractivity contribution in [2.24, 2.45) is 0 Å². The number of hydrogen-bond donors (Lipinski definition) is 1. The second-order valence-corrected chi connectivity index (χ2v) is 3.65. The van der Waals surface area contributed by atoms with Gasteiger partial charge in [-0.25, -0.2) is 0 Å². The third kappa shape index (κ3) is 3.05. The molecule has 1 N–H and O–H groups in total. The molecular weight excluding hydrogens is 218 g/mol. The van der Waals surface area contributed by atoms with Crippen LogP contribution in [0.25, 0.3) is 0 Å². The smallest absolute Gasteiger partial charge is 0.310 e. The zero-order valence-corrected chi connectivity index (χ0v) is 9.99. The minimum absolute atomic E-state index is 0.0659. The van der Waals surface area contributed by atoms with Gasteiger partial charge >= 0.3 is 5.97 Å². The molecule has 1 aromatic rings. The maximum atomic E-state index is 11.4. The lowest BCUT2D eigenvalue weighted by molar-refractivity contribution is -0.142. The number of esters is 1. The maximum Gasteiger partial charge on any atom is 0.310 e. The maximum absolute atomic E-state index is 11.4. The first kappa shape index (κ1) is 13.2. The van der Waals surface area contributed by atoms with Gasteiger partial charge in [0.15, 0.2) is 0 Å². The molecule has 0 aliphatic heterocycles. The molecule has 0 aliphatic carbocycles. The van der Waals surface area contributed by atoms with Crippen LogP contribution >= 0.6 is 0 Å². The fraction of sp³-hybridized carbons (Fsp3) is 0.385. The lowest BCUT2D eigenvalue weighted by atomic mass is 9.95. The molecule has 90 valence electrons. The molecule has 0 saturated heterocycles. The van der Waals surface area contributed by atoms with Crippen LogP contribution in [0, 0.1) is 18.3 Å². The van der Waals surface area contributed by atoms with E-state index in [1.54, 1.807) is 19.1 Å². The van der Waals surface area contributed by atoms with Gasteiger partial charge < -0.3 is 9.84 Å². The highest BCUT2D eigenvalue weighted by Gasteiger charge is 2.14. The summed E-state index contributed by atoms with van der Waals surface area (Å²) in [5.74, 6) is -0.359. The minimum Gasteiger partial charge on any atom is -0.466 e. The number of aliphatic hydroxyl groups excluding tert-OH is 1. The van der Waals surface area contributed by atoms with Crippen LogP contribution < -0.4 is 0 Å². The highest BCUT2D eigenvalue weighted by Crippen LogP contribution is 2.19. The molecule has 0 atom stereocenters. The van der Waals surface area contributed by atoms with Crippen LogP contribution in [0.5, 0.6) is 0 Å². The van der Waals surface area contributed by atoms with E-state index in [4.69, 9.17) is 15.1 Å². The van der Waals surface area contributed by atoms with E-state index in [0.717, 1.165) is 5.56 Å². The topological polar surface area (TPSA) is 70.3 Å². The fourth-order valence-electron chi connectivity index (χ4n) is 1.66. The van der Waals surface area contributed by atoms with Crippen molar-refractivity contribution in [1.29, 1.82) is 5.26 Å². The molecule has 1 rings (SSSR count). The standard InChI is InChI=1S/C13H15NO3/c1-3-17-13(16)6-11-9(2)4-5-10(8-15)12(11)7-14/h4-5,15H,3,6,8H2,1-2H3. The van der Waals surface area contributed by atoms with E-state index in [-0.39, 0.29) is 19.0 Å². The van der Waals surface area contributed by atoms with E-state index in [2.05, 4.69) is 0 Å². The van der Waals surface area contributed by atoms with E-state index in [0.29, 0.717) is 23.3 Å². The van der Waals surface area contributed by atoms with E-state index in [1.165, 1.54) is 0 Å². The van der Waals surface area contributed by atoms with E-state index >= 15 is 0 Å². The van der Waals surface area contributed by atoms with E-state index < -0.39 is 0 Å². The van der Waals surface area contributed by atoms with Crippen molar-refractivity contribution in [3.05, 3.63) is 34.4 Å². The van der Waals surface area contributed by atoms with Crippen LogP contribution in [0.1, 0.15) is 29.2 Å². The van der Waals surface area contributed by atoms with Gasteiger partial charge in [0, 0.05) is 0 Å². The summed E-state index contributed by atoms with van der Waals surface area (Å²) in [5, 5.41) is 18.2. The summed E-state index contributed by atoms with van der Waals surface area (Å²) in [6.45, 7) is 3.68. The number of aryl methyl sites for hydroxylation is 1. The molecule has 0 saturated carbocycles. The summed E-state index contributed by atoms with van der Waals surface area (Å²) in [6, 6.07) is 5.53. The molecule has 17 heavy (non-hydrogen) atoms. The Morgan fingerprint density at radius 1 is 1.53 bits per heavy atom. The van der Waals surface area contributed by atoms with Crippen molar-refractivity contribution >= 4 is 5.97 Å². The number of hydrogen-bond acceptors (Lipinski definition) is 4. The van der Waals surface area contributed by atoms with Crippen molar-refractivity contribution in [2.45, 2.75) is 26.9 Å². The second kappa shape index (κ2) is 6.02. The highest BCUT2D eigenvalue weighted by molar-refractivity contribution is 5.74. The Labute approximate surface area is 100 Å². The van der Waals surface area contributed by atoms with Gasteiger partial charge in [0.25, 0.3) is 0 Å². The fourth-order valence-corrected chi connectivity index (χ4v) is 1.66. The molecule has 0 unspecified atom stereocenters. The number of carbonyl (C=O) groups is 1. The molecule has 0 aliphatic rings. The largest absolute Gasteiger partial charge is 0.466 e. The van der Waals surface area contributed by atoms with Crippen molar-refractivity contribution in [2.75, 3.05) is 6.61 Å². The Morgan fingerprint density at radius 3 is 2.76 bits per heavy atom. The van der Waals surface area contributed by atoms with Crippen LogP contribution in [-0.2, 0) is 22.6 Å². The number of carbonyl (C=O) groups excluding carboxylic acids is 1. The lowest BCUT2D eigenvalue weighted by Crippen LogP contribution is -2.11. The summed E-state index contributed by atoms with van der Waals surface area (Å²) in [6.07, 6.45) is 0.0659. The molecule has 0 amide bonds. The minimum atomic E-state index is -0.359. The van der Waals surface area contributed by atoms with Gasteiger partial charge in [-0.1, -0.05) is 12.1 Å². The predicted molar refractivity (Wildman–Crippen MR) is 62.2 cm³/mol. The van der Waals surface area contributed by atoms with E-state index in [1.807, 2.05) is 13.0 Å². The van der Waals surface area contributed by atoms with Gasteiger partial charge in [-0.15, -0.1) is 0 Å². The average Bonchev–Trinajstić information content (AvgIpc) is 2.31. The number of rotatable bonds is 4. The van der Waals surface area contributed by atoms with Crippen molar-refractivity contribution in [1.82, 2.24) is 0 Å². The normalized spacial score (nSPS) is 9.76. The third-order valence-corrected chi connectivity index (χ3v) is 2.54. The molecule has 0 spiro atoms. The van der Waals surface area contributed by atoms with Crippen molar-refractivity contribution in [3.63, 3.8) is 0 Å². The van der Waals surface area contributed by atoms with Crippen LogP contribution in [0.3, 0.4) is 0 Å². The van der Waals surface area contributed by atoms with Crippen LogP contribution in [-0.4, -0.2) is 17.7 Å². The Hall–Kier alpha value is -1.86. The van der Waals surface area contributed by atoms with Gasteiger partial charge in [-0.05, 0) is 30.5 Å². The molecule has 0 heterocycles. The number of aliphatic hydroxyl groups is 1. The third-order valence-electron chi connectivity index (χ3n) is 2.54. The first-order valence-corrected chi connectivity index (χ1v) is 5.42. The number of nitrogens with zero attached hydrogens (tertiary/aromatic N) is 1. The van der Waals surface area contributed by atoms with Gasteiger partial charge in [-0.3, -0.25) is 4.79 Å². The lowest BCUT2D eigenvalue weighted by Gasteiger charge is -2.10. The van der Waals surface area contributed by atoms with Gasteiger partial charge in [0.2, 0.25) is 0 Å². The first-order valence-electron chi connectivity index (χ1n) is 5.42.